The second-order valence-electron chi connectivity index (χ2n) is 4.59. The molecule has 0 spiro atoms. The first-order chi connectivity index (χ1) is 8.97. The summed E-state index contributed by atoms with van der Waals surface area (Å²) in [5.74, 6) is 0.164. The molecule has 0 unspecified atom stereocenters. The van der Waals surface area contributed by atoms with Crippen molar-refractivity contribution in [2.24, 2.45) is 0 Å². The first-order valence-corrected chi connectivity index (χ1v) is 7.27. The van der Waals surface area contributed by atoms with Gasteiger partial charge in [0.25, 0.3) is 0 Å². The Labute approximate surface area is 123 Å². The van der Waals surface area contributed by atoms with Gasteiger partial charge in [-0.2, -0.15) is 0 Å². The molecule has 0 aliphatic rings. The van der Waals surface area contributed by atoms with E-state index in [1.807, 2.05) is 48.9 Å². The van der Waals surface area contributed by atoms with Gasteiger partial charge in [0.15, 0.2) is 0 Å². The third-order valence-corrected chi connectivity index (χ3v) is 3.76. The summed E-state index contributed by atoms with van der Waals surface area (Å²) in [5, 5.41) is 0. The number of hydrogen-bond acceptors (Lipinski definition) is 3. The molecule has 1 amide bonds. The molecule has 0 aromatic heterocycles. The third kappa shape index (κ3) is 4.84. The van der Waals surface area contributed by atoms with Crippen LogP contribution in [0.2, 0.25) is 0 Å². The van der Waals surface area contributed by atoms with Crippen LogP contribution in [0.1, 0.15) is 19.4 Å². The van der Waals surface area contributed by atoms with E-state index in [9.17, 15) is 4.79 Å². The van der Waals surface area contributed by atoms with Crippen molar-refractivity contribution >= 4 is 27.5 Å². The monoisotopic (exact) mass is 327 g/mol. The number of carbonyl (C=O) groups excluding carboxylic acids is 1. The third-order valence-electron chi connectivity index (χ3n) is 3.03. The van der Waals surface area contributed by atoms with Gasteiger partial charge in [-0.15, -0.1) is 0 Å². The summed E-state index contributed by atoms with van der Waals surface area (Å²) in [5.41, 5.74) is 7.68. The van der Waals surface area contributed by atoms with E-state index in [1.54, 1.807) is 0 Å². The second kappa shape index (κ2) is 7.50. The van der Waals surface area contributed by atoms with E-state index in [1.165, 1.54) is 0 Å². The SMILES string of the molecule is CCN(CC)C(=O)CN(C)Cc1ccc(Br)c(N)c1. The molecule has 1 rings (SSSR count). The molecule has 0 bridgehead atoms. The molecule has 0 radical (unpaired) electrons. The van der Waals surface area contributed by atoms with E-state index in [0.717, 1.165) is 28.8 Å². The molecule has 19 heavy (non-hydrogen) atoms. The number of anilines is 1. The lowest BCUT2D eigenvalue weighted by atomic mass is 10.2. The van der Waals surface area contributed by atoms with E-state index in [-0.39, 0.29) is 5.91 Å². The minimum Gasteiger partial charge on any atom is -0.398 e. The first-order valence-electron chi connectivity index (χ1n) is 6.48. The number of hydrogen-bond donors (Lipinski definition) is 1. The van der Waals surface area contributed by atoms with Gasteiger partial charge in [0.05, 0.1) is 6.54 Å². The normalized spacial score (nSPS) is 10.8. The minimum atomic E-state index is 0.164. The van der Waals surface area contributed by atoms with Gasteiger partial charge in [0, 0.05) is 29.8 Å². The van der Waals surface area contributed by atoms with Crippen LogP contribution in [-0.4, -0.2) is 42.4 Å². The lowest BCUT2D eigenvalue weighted by molar-refractivity contribution is -0.131. The molecule has 1 aromatic carbocycles. The van der Waals surface area contributed by atoms with Crippen molar-refractivity contribution in [2.45, 2.75) is 20.4 Å². The lowest BCUT2D eigenvalue weighted by Crippen LogP contribution is -2.38. The van der Waals surface area contributed by atoms with Gasteiger partial charge in [-0.1, -0.05) is 6.07 Å². The molecule has 0 aliphatic carbocycles. The number of rotatable bonds is 6. The van der Waals surface area contributed by atoms with Gasteiger partial charge in [-0.3, -0.25) is 9.69 Å². The first kappa shape index (κ1) is 16.0. The zero-order valence-corrected chi connectivity index (χ0v) is 13.4. The molecule has 1 aromatic rings. The van der Waals surface area contributed by atoms with Gasteiger partial charge < -0.3 is 10.6 Å². The Hall–Kier alpha value is -1.07. The maximum Gasteiger partial charge on any atom is 0.236 e. The van der Waals surface area contributed by atoms with Gasteiger partial charge in [-0.05, 0) is 54.5 Å². The second-order valence-corrected chi connectivity index (χ2v) is 5.45. The highest BCUT2D eigenvalue weighted by Gasteiger charge is 2.12. The number of nitrogens with zero attached hydrogens (tertiary/aromatic N) is 2. The summed E-state index contributed by atoms with van der Waals surface area (Å²) in [6.07, 6.45) is 0. The number of carbonyl (C=O) groups is 1. The van der Waals surface area contributed by atoms with Crippen LogP contribution in [0.15, 0.2) is 22.7 Å². The maximum absolute atomic E-state index is 12.0. The van der Waals surface area contributed by atoms with Crippen molar-refractivity contribution < 1.29 is 4.79 Å². The molecule has 0 atom stereocenters. The molecular weight excluding hydrogens is 306 g/mol. The van der Waals surface area contributed by atoms with E-state index in [0.29, 0.717) is 13.1 Å². The van der Waals surface area contributed by atoms with Crippen molar-refractivity contribution in [2.75, 3.05) is 32.4 Å². The number of nitrogen functional groups attached to an aromatic ring is 1. The zero-order valence-electron chi connectivity index (χ0n) is 11.8. The lowest BCUT2D eigenvalue weighted by Gasteiger charge is -2.23. The number of amides is 1. The van der Waals surface area contributed by atoms with Crippen LogP contribution in [0, 0.1) is 0 Å². The van der Waals surface area contributed by atoms with E-state index in [2.05, 4.69) is 15.9 Å². The Bertz CT molecular complexity index is 433. The van der Waals surface area contributed by atoms with Crippen LogP contribution < -0.4 is 5.73 Å². The van der Waals surface area contributed by atoms with Crippen molar-refractivity contribution in [3.8, 4) is 0 Å². The highest BCUT2D eigenvalue weighted by atomic mass is 79.9. The van der Waals surface area contributed by atoms with Crippen LogP contribution in [-0.2, 0) is 11.3 Å². The van der Waals surface area contributed by atoms with Crippen LogP contribution in [0.3, 0.4) is 0 Å². The summed E-state index contributed by atoms with van der Waals surface area (Å²) >= 11 is 3.37. The quantitative estimate of drug-likeness (QED) is 0.816. The predicted molar refractivity (Wildman–Crippen MR) is 82.8 cm³/mol. The minimum absolute atomic E-state index is 0.164. The fourth-order valence-electron chi connectivity index (χ4n) is 1.97. The number of halogens is 1. The van der Waals surface area contributed by atoms with Crippen molar-refractivity contribution in [1.82, 2.24) is 9.80 Å². The zero-order chi connectivity index (χ0) is 14.4. The number of benzene rings is 1. The molecule has 106 valence electrons. The van der Waals surface area contributed by atoms with Crippen LogP contribution in [0.5, 0.6) is 0 Å². The van der Waals surface area contributed by atoms with Crippen LogP contribution in [0.25, 0.3) is 0 Å². The van der Waals surface area contributed by atoms with E-state index in [4.69, 9.17) is 5.73 Å². The largest absolute Gasteiger partial charge is 0.398 e. The summed E-state index contributed by atoms with van der Waals surface area (Å²) in [6, 6.07) is 5.88. The smallest absolute Gasteiger partial charge is 0.236 e. The molecule has 0 fully saturated rings. The van der Waals surface area contributed by atoms with Crippen LogP contribution in [0.4, 0.5) is 5.69 Å². The average molecular weight is 328 g/mol. The molecule has 4 nitrogen and oxygen atoms in total. The molecule has 0 aliphatic heterocycles. The van der Waals surface area contributed by atoms with Crippen molar-refractivity contribution in [3.05, 3.63) is 28.2 Å². The highest BCUT2D eigenvalue weighted by Crippen LogP contribution is 2.20. The molecule has 0 heterocycles. The molecular formula is C14H22BrN3O. The molecule has 2 N–H and O–H groups in total. The van der Waals surface area contributed by atoms with Gasteiger partial charge in [-0.25, -0.2) is 0 Å². The standard InChI is InChI=1S/C14H22BrN3O/c1-4-18(5-2)14(19)10-17(3)9-11-6-7-12(15)13(16)8-11/h6-8H,4-5,9-10,16H2,1-3H3. The maximum atomic E-state index is 12.0. The summed E-state index contributed by atoms with van der Waals surface area (Å²) in [4.78, 5) is 15.8. The Kier molecular flexibility index (Phi) is 6.31. The average Bonchev–Trinajstić information content (AvgIpc) is 2.35. The Morgan fingerprint density at radius 2 is 1.95 bits per heavy atom. The van der Waals surface area contributed by atoms with Crippen molar-refractivity contribution in [1.29, 1.82) is 0 Å². The highest BCUT2D eigenvalue weighted by molar-refractivity contribution is 9.10. The summed E-state index contributed by atoms with van der Waals surface area (Å²) < 4.78 is 0.901. The Balaban J connectivity index is 2.57. The topological polar surface area (TPSA) is 49.6 Å². The number of likely N-dealkylation sites (N-methyl/N-ethyl adjacent to an activating group) is 2. The molecule has 0 saturated heterocycles. The predicted octanol–water partition coefficient (Wildman–Crippen LogP) is 2.33. The molecule has 5 heteroatoms. The van der Waals surface area contributed by atoms with Gasteiger partial charge in [0.2, 0.25) is 5.91 Å². The Morgan fingerprint density at radius 3 is 2.47 bits per heavy atom. The molecule has 0 saturated carbocycles. The summed E-state index contributed by atoms with van der Waals surface area (Å²) in [7, 11) is 1.94. The van der Waals surface area contributed by atoms with Crippen molar-refractivity contribution in [3.63, 3.8) is 0 Å². The Morgan fingerprint density at radius 1 is 1.32 bits per heavy atom. The summed E-state index contributed by atoms with van der Waals surface area (Å²) in [6.45, 7) is 6.65. The van der Waals surface area contributed by atoms with Crippen LogP contribution >= 0.6 is 15.9 Å². The van der Waals surface area contributed by atoms with E-state index < -0.39 is 0 Å². The number of nitrogens with two attached hydrogens (primary N) is 1. The van der Waals surface area contributed by atoms with Gasteiger partial charge >= 0.3 is 0 Å². The fraction of sp³-hybridized carbons (Fsp3) is 0.500. The van der Waals surface area contributed by atoms with Gasteiger partial charge in [0.1, 0.15) is 0 Å². The fourth-order valence-corrected chi connectivity index (χ4v) is 2.21. The van der Waals surface area contributed by atoms with E-state index >= 15 is 0 Å².